The van der Waals surface area contributed by atoms with E-state index in [-0.39, 0.29) is 23.8 Å². The van der Waals surface area contributed by atoms with Crippen LogP contribution in [0.2, 0.25) is 0 Å². The molecule has 0 radical (unpaired) electrons. The smallest absolute Gasteiger partial charge is 0.306 e. The molecule has 2 aromatic rings. The minimum absolute atomic E-state index is 0.129. The number of aryl methyl sites for hydroxylation is 1. The zero-order valence-electron chi connectivity index (χ0n) is 16.3. The van der Waals surface area contributed by atoms with Crippen LogP contribution in [0.5, 0.6) is 0 Å². The third-order valence-corrected chi connectivity index (χ3v) is 7.21. The molecule has 4 atom stereocenters. The standard InChI is InChI=1S/C23H27NO4/c1-14-21(17-4-2-3-5-18(17)24-14)19(25)12-28-20(26)11-22-7-15-6-16(8-22)10-23(27,9-15)13-22/h2-5,15-16,24,27H,6-13H2,1H3/t15-,16+,22?,23?. The van der Waals surface area contributed by atoms with Gasteiger partial charge in [-0.25, -0.2) is 0 Å². The molecule has 5 heteroatoms. The van der Waals surface area contributed by atoms with Crippen LogP contribution in [0.1, 0.15) is 61.0 Å². The first kappa shape index (κ1) is 17.9. The Hall–Kier alpha value is -2.14. The molecule has 4 aliphatic rings. The molecule has 1 aromatic carbocycles. The number of rotatable bonds is 5. The number of hydrogen-bond acceptors (Lipinski definition) is 4. The van der Waals surface area contributed by atoms with Crippen molar-refractivity contribution < 1.29 is 19.4 Å². The summed E-state index contributed by atoms with van der Waals surface area (Å²) < 4.78 is 5.42. The van der Waals surface area contributed by atoms with E-state index in [1.165, 1.54) is 6.42 Å². The monoisotopic (exact) mass is 381 g/mol. The van der Waals surface area contributed by atoms with Crippen molar-refractivity contribution in [3.8, 4) is 0 Å². The quantitative estimate of drug-likeness (QED) is 0.608. The molecule has 4 bridgehead atoms. The zero-order chi connectivity index (χ0) is 19.5. The first-order valence-corrected chi connectivity index (χ1v) is 10.3. The number of ether oxygens (including phenoxy) is 1. The molecule has 4 saturated carbocycles. The molecule has 148 valence electrons. The molecule has 4 fully saturated rings. The lowest BCUT2D eigenvalue weighted by Gasteiger charge is -2.60. The van der Waals surface area contributed by atoms with E-state index in [9.17, 15) is 14.7 Å². The van der Waals surface area contributed by atoms with Gasteiger partial charge in [0.2, 0.25) is 5.78 Å². The summed E-state index contributed by atoms with van der Waals surface area (Å²) >= 11 is 0. The van der Waals surface area contributed by atoms with Gasteiger partial charge in [0.25, 0.3) is 0 Å². The van der Waals surface area contributed by atoms with Gasteiger partial charge in [-0.1, -0.05) is 18.2 Å². The summed E-state index contributed by atoms with van der Waals surface area (Å²) in [6.45, 7) is 1.64. The van der Waals surface area contributed by atoms with E-state index in [0.29, 0.717) is 30.2 Å². The zero-order valence-corrected chi connectivity index (χ0v) is 16.3. The van der Waals surface area contributed by atoms with Crippen molar-refractivity contribution >= 4 is 22.7 Å². The minimum atomic E-state index is -0.582. The molecule has 1 aromatic heterocycles. The van der Waals surface area contributed by atoms with Crippen molar-refractivity contribution in [2.75, 3.05) is 6.61 Å². The van der Waals surface area contributed by atoms with Crippen LogP contribution in [0, 0.1) is 24.2 Å². The molecule has 5 nitrogen and oxygen atoms in total. The van der Waals surface area contributed by atoms with E-state index in [1.54, 1.807) is 0 Å². The number of Topliss-reactive ketones (excluding diaryl/α,β-unsaturated/α-hetero) is 1. The Morgan fingerprint density at radius 3 is 2.61 bits per heavy atom. The van der Waals surface area contributed by atoms with E-state index >= 15 is 0 Å². The van der Waals surface area contributed by atoms with E-state index in [0.717, 1.165) is 42.3 Å². The third kappa shape index (κ3) is 2.96. The van der Waals surface area contributed by atoms with Crippen LogP contribution in [0.4, 0.5) is 0 Å². The second kappa shape index (κ2) is 6.18. The highest BCUT2D eigenvalue weighted by Crippen LogP contribution is 2.62. The van der Waals surface area contributed by atoms with Crippen LogP contribution in [0.3, 0.4) is 0 Å². The SMILES string of the molecule is Cc1[nH]c2ccccc2c1C(=O)COC(=O)CC12C[C@@H]3C[C@@H](CC(O)(C3)C1)C2. The number of benzene rings is 1. The van der Waals surface area contributed by atoms with Crippen LogP contribution in [0.25, 0.3) is 10.9 Å². The second-order valence-electron chi connectivity index (χ2n) is 9.62. The summed E-state index contributed by atoms with van der Waals surface area (Å²) in [7, 11) is 0. The van der Waals surface area contributed by atoms with Crippen LogP contribution in [-0.4, -0.2) is 34.1 Å². The van der Waals surface area contributed by atoms with Crippen molar-refractivity contribution in [1.82, 2.24) is 4.98 Å². The number of nitrogens with one attached hydrogen (secondary N) is 1. The lowest BCUT2D eigenvalue weighted by molar-refractivity contribution is -0.176. The summed E-state index contributed by atoms with van der Waals surface area (Å²) in [6.07, 6.45) is 6.02. The molecule has 6 rings (SSSR count). The number of aliphatic hydroxyl groups is 1. The normalized spacial score (nSPS) is 33.4. The maximum absolute atomic E-state index is 12.7. The number of ketones is 1. The number of carbonyl (C=O) groups is 2. The molecular weight excluding hydrogens is 354 g/mol. The van der Waals surface area contributed by atoms with Gasteiger partial charge in [0, 0.05) is 22.2 Å². The number of carbonyl (C=O) groups excluding carboxylic acids is 2. The number of aromatic nitrogens is 1. The minimum Gasteiger partial charge on any atom is -0.457 e. The lowest BCUT2D eigenvalue weighted by Crippen LogP contribution is -2.56. The molecule has 0 spiro atoms. The van der Waals surface area contributed by atoms with E-state index in [4.69, 9.17) is 4.74 Å². The molecule has 0 saturated heterocycles. The van der Waals surface area contributed by atoms with Crippen LogP contribution < -0.4 is 0 Å². The van der Waals surface area contributed by atoms with Gasteiger partial charge in [-0.15, -0.1) is 0 Å². The highest BCUT2D eigenvalue weighted by molar-refractivity contribution is 6.10. The van der Waals surface area contributed by atoms with Crippen molar-refractivity contribution in [3.63, 3.8) is 0 Å². The van der Waals surface area contributed by atoms with Gasteiger partial charge in [0.15, 0.2) is 6.61 Å². The van der Waals surface area contributed by atoms with E-state index in [2.05, 4.69) is 4.98 Å². The van der Waals surface area contributed by atoms with Gasteiger partial charge >= 0.3 is 5.97 Å². The van der Waals surface area contributed by atoms with Gasteiger partial charge in [-0.3, -0.25) is 9.59 Å². The van der Waals surface area contributed by atoms with Gasteiger partial charge in [-0.2, -0.15) is 0 Å². The third-order valence-electron chi connectivity index (χ3n) is 7.21. The number of aromatic amines is 1. The summed E-state index contributed by atoms with van der Waals surface area (Å²) in [4.78, 5) is 28.5. The predicted octanol–water partition coefficient (Wildman–Crippen LogP) is 3.92. The Balaban J connectivity index is 1.25. The van der Waals surface area contributed by atoms with Crippen molar-refractivity contribution in [2.45, 2.75) is 57.5 Å². The van der Waals surface area contributed by atoms with E-state index in [1.807, 2.05) is 31.2 Å². The predicted molar refractivity (Wildman–Crippen MR) is 105 cm³/mol. The summed E-state index contributed by atoms with van der Waals surface area (Å²) in [5.74, 6) is 0.591. The maximum atomic E-state index is 12.7. The first-order chi connectivity index (χ1) is 13.3. The Kier molecular flexibility index (Phi) is 3.96. The Labute approximate surface area is 164 Å². The van der Waals surface area contributed by atoms with Crippen molar-refractivity contribution in [3.05, 3.63) is 35.5 Å². The van der Waals surface area contributed by atoms with Crippen LogP contribution in [-0.2, 0) is 9.53 Å². The maximum Gasteiger partial charge on any atom is 0.306 e. The fourth-order valence-electron chi connectivity index (χ4n) is 6.82. The van der Waals surface area contributed by atoms with Gasteiger partial charge in [0.1, 0.15) is 0 Å². The van der Waals surface area contributed by atoms with Crippen LogP contribution in [0.15, 0.2) is 24.3 Å². The fraction of sp³-hybridized carbons (Fsp3) is 0.565. The van der Waals surface area contributed by atoms with Gasteiger partial charge in [0.05, 0.1) is 12.0 Å². The molecule has 2 unspecified atom stereocenters. The highest BCUT2D eigenvalue weighted by Gasteiger charge is 2.57. The van der Waals surface area contributed by atoms with Gasteiger partial charge in [-0.05, 0) is 68.8 Å². The lowest BCUT2D eigenvalue weighted by atomic mass is 9.47. The second-order valence-corrected chi connectivity index (χ2v) is 9.62. The van der Waals surface area contributed by atoms with E-state index < -0.39 is 5.60 Å². The molecule has 4 aliphatic carbocycles. The topological polar surface area (TPSA) is 79.4 Å². The summed E-state index contributed by atoms with van der Waals surface area (Å²) in [6, 6.07) is 7.66. The fourth-order valence-corrected chi connectivity index (χ4v) is 6.82. The molecule has 28 heavy (non-hydrogen) atoms. The number of fused-ring (bicyclic) bond motifs is 1. The number of H-pyrrole nitrogens is 1. The average Bonchev–Trinajstić information content (AvgIpc) is 2.93. The molecule has 2 N–H and O–H groups in total. The Morgan fingerprint density at radius 2 is 1.89 bits per heavy atom. The highest BCUT2D eigenvalue weighted by atomic mass is 16.5. The van der Waals surface area contributed by atoms with Crippen molar-refractivity contribution in [2.24, 2.45) is 17.3 Å². The molecule has 1 heterocycles. The average molecular weight is 381 g/mol. The Bertz CT molecular complexity index is 945. The van der Waals surface area contributed by atoms with Crippen molar-refractivity contribution in [1.29, 1.82) is 0 Å². The van der Waals surface area contributed by atoms with Gasteiger partial charge < -0.3 is 14.8 Å². The summed E-state index contributed by atoms with van der Waals surface area (Å²) in [5.41, 5.74) is 1.60. The summed E-state index contributed by atoms with van der Waals surface area (Å²) in [5, 5.41) is 11.7. The number of hydrogen-bond donors (Lipinski definition) is 2. The largest absolute Gasteiger partial charge is 0.457 e. The molecule has 0 amide bonds. The molecule has 0 aliphatic heterocycles. The van der Waals surface area contributed by atoms with Crippen LogP contribution >= 0.6 is 0 Å². The first-order valence-electron chi connectivity index (χ1n) is 10.3. The number of esters is 1. The number of para-hydroxylation sites is 1. The Morgan fingerprint density at radius 1 is 1.18 bits per heavy atom. The molecular formula is C23H27NO4.